The third-order valence-corrected chi connectivity index (χ3v) is 2.95. The van der Waals surface area contributed by atoms with Crippen molar-refractivity contribution in [3.63, 3.8) is 0 Å². The van der Waals surface area contributed by atoms with Crippen LogP contribution in [0.1, 0.15) is 32.8 Å². The molecule has 1 aromatic rings. The fraction of sp³-hybridized carbons (Fsp3) is 0.462. The summed E-state index contributed by atoms with van der Waals surface area (Å²) in [6, 6.07) is 7.83. The highest BCUT2D eigenvalue weighted by Crippen LogP contribution is 2.22. The van der Waals surface area contributed by atoms with Gasteiger partial charge in [-0.2, -0.15) is 5.26 Å². The van der Waals surface area contributed by atoms with Crippen molar-refractivity contribution in [2.75, 3.05) is 11.9 Å². The highest BCUT2D eigenvalue weighted by Gasteiger charge is 2.09. The first-order chi connectivity index (χ1) is 7.42. The number of hydrogen-bond acceptors (Lipinski definition) is 2. The molecule has 1 rings (SSSR count). The van der Waals surface area contributed by atoms with Crippen molar-refractivity contribution < 1.29 is 0 Å². The van der Waals surface area contributed by atoms with Crippen LogP contribution in [0.15, 0.2) is 22.7 Å². The summed E-state index contributed by atoms with van der Waals surface area (Å²) in [5.74, 6) is 0. The van der Waals surface area contributed by atoms with Crippen LogP contribution in [0.3, 0.4) is 0 Å². The van der Waals surface area contributed by atoms with Crippen LogP contribution in [-0.2, 0) is 0 Å². The fourth-order valence-corrected chi connectivity index (χ4v) is 1.77. The zero-order valence-electron chi connectivity index (χ0n) is 9.97. The van der Waals surface area contributed by atoms with E-state index < -0.39 is 0 Å². The van der Waals surface area contributed by atoms with Gasteiger partial charge in [-0.05, 0) is 46.0 Å². The van der Waals surface area contributed by atoms with Gasteiger partial charge in [0.1, 0.15) is 6.07 Å². The largest absolute Gasteiger partial charge is 0.385 e. The van der Waals surface area contributed by atoms with Crippen LogP contribution >= 0.6 is 15.9 Å². The molecule has 1 N–H and O–H groups in total. The van der Waals surface area contributed by atoms with E-state index in [2.05, 4.69) is 48.1 Å². The molecule has 0 spiro atoms. The van der Waals surface area contributed by atoms with E-state index in [1.54, 1.807) is 0 Å². The monoisotopic (exact) mass is 280 g/mol. The number of rotatable bonds is 3. The molecule has 0 aliphatic heterocycles. The molecule has 0 saturated carbocycles. The standard InChI is InChI=1S/C13H17BrN2/c1-13(2,3)6-7-16-11-5-4-10(9-15)12(14)8-11/h4-5,8,16H,6-7H2,1-3H3. The lowest BCUT2D eigenvalue weighted by Crippen LogP contribution is -2.12. The Labute approximate surface area is 106 Å². The molecule has 0 unspecified atom stereocenters. The van der Waals surface area contributed by atoms with E-state index in [-0.39, 0.29) is 0 Å². The second-order valence-corrected chi connectivity index (χ2v) is 5.90. The summed E-state index contributed by atoms with van der Waals surface area (Å²) < 4.78 is 0.843. The van der Waals surface area contributed by atoms with Gasteiger partial charge in [-0.25, -0.2) is 0 Å². The molecular weight excluding hydrogens is 264 g/mol. The summed E-state index contributed by atoms with van der Waals surface area (Å²) in [5.41, 5.74) is 2.06. The lowest BCUT2D eigenvalue weighted by Gasteiger charge is -2.18. The molecule has 0 aliphatic rings. The molecule has 0 fully saturated rings. The number of hydrogen-bond donors (Lipinski definition) is 1. The molecule has 0 atom stereocenters. The van der Waals surface area contributed by atoms with E-state index >= 15 is 0 Å². The fourth-order valence-electron chi connectivity index (χ4n) is 1.30. The number of benzene rings is 1. The van der Waals surface area contributed by atoms with Gasteiger partial charge in [0.05, 0.1) is 5.56 Å². The molecule has 86 valence electrons. The van der Waals surface area contributed by atoms with Gasteiger partial charge in [-0.1, -0.05) is 20.8 Å². The minimum atomic E-state index is 0.344. The van der Waals surface area contributed by atoms with Gasteiger partial charge in [0.25, 0.3) is 0 Å². The average Bonchev–Trinajstić information content (AvgIpc) is 2.16. The van der Waals surface area contributed by atoms with E-state index in [1.807, 2.05) is 18.2 Å². The van der Waals surface area contributed by atoms with Gasteiger partial charge < -0.3 is 5.32 Å². The smallest absolute Gasteiger partial charge is 0.100 e. The minimum absolute atomic E-state index is 0.344. The molecule has 16 heavy (non-hydrogen) atoms. The van der Waals surface area contributed by atoms with Crippen molar-refractivity contribution in [1.29, 1.82) is 5.26 Å². The molecule has 0 radical (unpaired) electrons. The topological polar surface area (TPSA) is 35.8 Å². The summed E-state index contributed by atoms with van der Waals surface area (Å²) in [5, 5.41) is 12.1. The van der Waals surface area contributed by atoms with E-state index in [1.165, 1.54) is 0 Å². The number of anilines is 1. The van der Waals surface area contributed by atoms with Gasteiger partial charge >= 0.3 is 0 Å². The Kier molecular flexibility index (Phi) is 4.37. The van der Waals surface area contributed by atoms with Crippen molar-refractivity contribution in [3.8, 4) is 6.07 Å². The molecule has 3 heteroatoms. The zero-order valence-corrected chi connectivity index (χ0v) is 11.6. The van der Waals surface area contributed by atoms with Gasteiger partial charge in [-0.15, -0.1) is 0 Å². The van der Waals surface area contributed by atoms with Crippen LogP contribution in [0.2, 0.25) is 0 Å². The molecule has 1 aromatic carbocycles. The van der Waals surface area contributed by atoms with Gasteiger partial charge in [0.15, 0.2) is 0 Å². The number of halogens is 1. The normalized spacial score (nSPS) is 10.9. The molecule has 0 aromatic heterocycles. The van der Waals surface area contributed by atoms with E-state index in [9.17, 15) is 0 Å². The van der Waals surface area contributed by atoms with Crippen LogP contribution in [0.25, 0.3) is 0 Å². The summed E-state index contributed by atoms with van der Waals surface area (Å²) in [6.45, 7) is 7.62. The van der Waals surface area contributed by atoms with Gasteiger partial charge in [-0.3, -0.25) is 0 Å². The third kappa shape index (κ3) is 4.24. The van der Waals surface area contributed by atoms with E-state index in [4.69, 9.17) is 5.26 Å². The van der Waals surface area contributed by atoms with Crippen LogP contribution in [0, 0.1) is 16.7 Å². The molecule has 0 bridgehead atoms. The maximum absolute atomic E-state index is 8.79. The zero-order chi connectivity index (χ0) is 12.2. The second-order valence-electron chi connectivity index (χ2n) is 5.04. The summed E-state index contributed by atoms with van der Waals surface area (Å²) in [6.07, 6.45) is 1.12. The average molecular weight is 281 g/mol. The second kappa shape index (κ2) is 5.36. The Hall–Kier alpha value is -1.01. The molecule has 0 saturated heterocycles. The number of nitrogens with one attached hydrogen (secondary N) is 1. The predicted molar refractivity (Wildman–Crippen MR) is 71.4 cm³/mol. The van der Waals surface area contributed by atoms with Crippen molar-refractivity contribution in [3.05, 3.63) is 28.2 Å². The minimum Gasteiger partial charge on any atom is -0.385 e. The summed E-state index contributed by atoms with van der Waals surface area (Å²) >= 11 is 3.38. The first-order valence-corrected chi connectivity index (χ1v) is 6.15. The Morgan fingerprint density at radius 2 is 2.06 bits per heavy atom. The lowest BCUT2D eigenvalue weighted by atomic mass is 9.92. The highest BCUT2D eigenvalue weighted by atomic mass is 79.9. The van der Waals surface area contributed by atoms with Gasteiger partial charge in [0.2, 0.25) is 0 Å². The number of nitriles is 1. The van der Waals surface area contributed by atoms with Crippen molar-refractivity contribution in [1.82, 2.24) is 0 Å². The maximum Gasteiger partial charge on any atom is 0.100 e. The number of nitrogens with zero attached hydrogens (tertiary/aromatic N) is 1. The molecule has 0 heterocycles. The quantitative estimate of drug-likeness (QED) is 0.902. The first kappa shape index (κ1) is 13.1. The maximum atomic E-state index is 8.79. The van der Waals surface area contributed by atoms with E-state index in [0.717, 1.165) is 23.1 Å². The van der Waals surface area contributed by atoms with Crippen LogP contribution in [0.5, 0.6) is 0 Å². The molecule has 0 amide bonds. The van der Waals surface area contributed by atoms with E-state index in [0.29, 0.717) is 11.0 Å². The third-order valence-electron chi connectivity index (χ3n) is 2.29. The lowest BCUT2D eigenvalue weighted by molar-refractivity contribution is 0.390. The Morgan fingerprint density at radius 3 is 2.56 bits per heavy atom. The highest BCUT2D eigenvalue weighted by molar-refractivity contribution is 9.10. The Bertz CT molecular complexity index is 399. The SMILES string of the molecule is CC(C)(C)CCNc1ccc(C#N)c(Br)c1. The summed E-state index contributed by atoms with van der Waals surface area (Å²) in [7, 11) is 0. The predicted octanol–water partition coefficient (Wildman–Crippen LogP) is 4.17. The van der Waals surface area contributed by atoms with Crippen LogP contribution < -0.4 is 5.32 Å². The molecule has 0 aliphatic carbocycles. The first-order valence-electron chi connectivity index (χ1n) is 5.36. The molecule has 2 nitrogen and oxygen atoms in total. The molecular formula is C13H17BrN2. The van der Waals surface area contributed by atoms with Crippen LogP contribution in [-0.4, -0.2) is 6.54 Å². The Balaban J connectivity index is 2.57. The van der Waals surface area contributed by atoms with Crippen LogP contribution in [0.4, 0.5) is 5.69 Å². The van der Waals surface area contributed by atoms with Crippen molar-refractivity contribution >= 4 is 21.6 Å². The summed E-state index contributed by atoms with van der Waals surface area (Å²) in [4.78, 5) is 0. The van der Waals surface area contributed by atoms with Gasteiger partial charge in [0, 0.05) is 16.7 Å². The van der Waals surface area contributed by atoms with Crippen molar-refractivity contribution in [2.45, 2.75) is 27.2 Å². The Morgan fingerprint density at radius 1 is 1.38 bits per heavy atom. The van der Waals surface area contributed by atoms with Crippen molar-refractivity contribution in [2.24, 2.45) is 5.41 Å².